The molecule has 1 aliphatic rings. The summed E-state index contributed by atoms with van der Waals surface area (Å²) in [6.07, 6.45) is 2.51. The molecule has 170 valence electrons. The third-order valence-electron chi connectivity index (χ3n) is 5.49. The molecule has 1 aromatic carbocycles. The van der Waals surface area contributed by atoms with Crippen molar-refractivity contribution in [2.75, 3.05) is 13.7 Å². The number of aromatic nitrogens is 1. The van der Waals surface area contributed by atoms with Crippen molar-refractivity contribution >= 4 is 29.0 Å². The molecule has 1 saturated heterocycles. The summed E-state index contributed by atoms with van der Waals surface area (Å²) in [5.74, 6) is 0.691. The van der Waals surface area contributed by atoms with Crippen molar-refractivity contribution < 1.29 is 18.9 Å². The number of para-hydroxylation sites is 1. The second-order valence-corrected chi connectivity index (χ2v) is 7.86. The minimum absolute atomic E-state index is 0.0327. The summed E-state index contributed by atoms with van der Waals surface area (Å²) in [6.45, 7) is 0.496. The molecule has 0 radical (unpaired) electrons. The highest BCUT2D eigenvalue weighted by Crippen LogP contribution is 2.41. The van der Waals surface area contributed by atoms with Crippen LogP contribution in [-0.4, -0.2) is 39.5 Å². The molecule has 2 atom stereocenters. The fourth-order valence-electron chi connectivity index (χ4n) is 3.95. The van der Waals surface area contributed by atoms with Gasteiger partial charge in [0.15, 0.2) is 5.11 Å². The number of ether oxygens (including phenoxy) is 1. The topological polar surface area (TPSA) is 111 Å². The minimum Gasteiger partial charge on any atom is -0.469 e. The van der Waals surface area contributed by atoms with Gasteiger partial charge in [-0.15, -0.1) is 0 Å². The van der Waals surface area contributed by atoms with Gasteiger partial charge in [0.1, 0.15) is 17.6 Å². The second-order valence-electron chi connectivity index (χ2n) is 7.48. The Hall–Kier alpha value is -3.79. The molecule has 0 amide bonds. The number of pyridine rings is 1. The Morgan fingerprint density at radius 3 is 2.76 bits per heavy atom. The number of nitro groups is 1. The number of carbonyl (C=O) groups excluding carboxylic acids is 1. The highest BCUT2D eigenvalue weighted by molar-refractivity contribution is 7.80. The van der Waals surface area contributed by atoms with E-state index < -0.39 is 4.92 Å². The predicted molar refractivity (Wildman–Crippen MR) is 124 cm³/mol. The van der Waals surface area contributed by atoms with Crippen LogP contribution in [0.2, 0.25) is 0 Å². The van der Waals surface area contributed by atoms with E-state index in [0.29, 0.717) is 35.2 Å². The summed E-state index contributed by atoms with van der Waals surface area (Å²) in [4.78, 5) is 29.1. The molecule has 0 saturated carbocycles. The van der Waals surface area contributed by atoms with Crippen LogP contribution >= 0.6 is 12.2 Å². The average Bonchev–Trinajstić information content (AvgIpc) is 3.44. The van der Waals surface area contributed by atoms with Gasteiger partial charge in [0.2, 0.25) is 0 Å². The summed E-state index contributed by atoms with van der Waals surface area (Å²) < 4.78 is 10.9. The van der Waals surface area contributed by atoms with Crippen molar-refractivity contribution in [3.63, 3.8) is 0 Å². The molecule has 10 heteroatoms. The van der Waals surface area contributed by atoms with Crippen LogP contribution in [0.5, 0.6) is 0 Å². The minimum atomic E-state index is -0.431. The van der Waals surface area contributed by atoms with E-state index in [1.54, 1.807) is 36.5 Å². The molecule has 0 spiro atoms. The molecular weight excluding hydrogens is 444 g/mol. The van der Waals surface area contributed by atoms with Crippen LogP contribution in [0, 0.1) is 10.1 Å². The monoisotopic (exact) mass is 466 g/mol. The van der Waals surface area contributed by atoms with Gasteiger partial charge in [-0.3, -0.25) is 19.9 Å². The van der Waals surface area contributed by atoms with E-state index in [0.717, 1.165) is 5.69 Å². The number of thiocarbonyl (C=S) groups is 1. The number of esters is 1. The first-order chi connectivity index (χ1) is 16.0. The predicted octanol–water partition coefficient (Wildman–Crippen LogP) is 4.18. The van der Waals surface area contributed by atoms with E-state index in [-0.39, 0.29) is 30.2 Å². The summed E-state index contributed by atoms with van der Waals surface area (Å²) in [6, 6.07) is 15.0. The van der Waals surface area contributed by atoms with Gasteiger partial charge in [-0.2, -0.15) is 0 Å². The Balaban J connectivity index is 1.68. The standard InChI is InChI=1S/C23H22N4O5S/c1-31-20(28)10-6-14-26-22(21(25-23(26)33)16-8-4-5-13-24-16)19-12-11-18(32-19)15-7-2-3-9-17(15)27(29)30/h2-5,7-9,11-13,21-22H,6,10,14H2,1H3,(H,25,33)/t21-,22+/m1/s1. The number of hydrogen-bond acceptors (Lipinski definition) is 7. The second kappa shape index (κ2) is 9.78. The Morgan fingerprint density at radius 2 is 2.03 bits per heavy atom. The van der Waals surface area contributed by atoms with Crippen LogP contribution in [0.3, 0.4) is 0 Å². The number of methoxy groups -OCH3 is 1. The number of benzene rings is 1. The zero-order chi connectivity index (χ0) is 23.4. The zero-order valence-corrected chi connectivity index (χ0v) is 18.7. The zero-order valence-electron chi connectivity index (χ0n) is 17.8. The van der Waals surface area contributed by atoms with Gasteiger partial charge in [0.25, 0.3) is 5.69 Å². The van der Waals surface area contributed by atoms with Crippen LogP contribution in [-0.2, 0) is 9.53 Å². The Morgan fingerprint density at radius 1 is 1.24 bits per heavy atom. The van der Waals surface area contributed by atoms with E-state index in [4.69, 9.17) is 21.4 Å². The maximum Gasteiger partial charge on any atom is 0.305 e. The number of nitrogens with one attached hydrogen (secondary N) is 1. The molecule has 1 N–H and O–H groups in total. The lowest BCUT2D eigenvalue weighted by atomic mass is 10.0. The lowest BCUT2D eigenvalue weighted by molar-refractivity contribution is -0.384. The van der Waals surface area contributed by atoms with Gasteiger partial charge in [-0.05, 0) is 49.0 Å². The number of rotatable bonds is 8. The molecule has 1 fully saturated rings. The highest BCUT2D eigenvalue weighted by atomic mass is 32.1. The van der Waals surface area contributed by atoms with Gasteiger partial charge in [-0.1, -0.05) is 18.2 Å². The lowest BCUT2D eigenvalue weighted by Gasteiger charge is -2.25. The average molecular weight is 467 g/mol. The normalized spacial score (nSPS) is 17.6. The fourth-order valence-corrected chi connectivity index (χ4v) is 4.28. The van der Waals surface area contributed by atoms with Crippen LogP contribution in [0.4, 0.5) is 5.69 Å². The summed E-state index contributed by atoms with van der Waals surface area (Å²) in [5.41, 5.74) is 1.15. The highest BCUT2D eigenvalue weighted by Gasteiger charge is 2.41. The van der Waals surface area contributed by atoms with E-state index in [2.05, 4.69) is 10.3 Å². The summed E-state index contributed by atoms with van der Waals surface area (Å²) in [5, 5.41) is 15.3. The van der Waals surface area contributed by atoms with Crippen LogP contribution < -0.4 is 5.32 Å². The maximum absolute atomic E-state index is 11.6. The van der Waals surface area contributed by atoms with Crippen molar-refractivity contribution in [1.82, 2.24) is 15.2 Å². The van der Waals surface area contributed by atoms with E-state index >= 15 is 0 Å². The number of nitrogens with zero attached hydrogens (tertiary/aromatic N) is 3. The Labute approximate surface area is 195 Å². The van der Waals surface area contributed by atoms with E-state index in [9.17, 15) is 14.9 Å². The van der Waals surface area contributed by atoms with Gasteiger partial charge in [-0.25, -0.2) is 0 Å². The van der Waals surface area contributed by atoms with E-state index in [1.165, 1.54) is 13.2 Å². The first-order valence-corrected chi connectivity index (χ1v) is 10.8. The Bertz CT molecular complexity index is 1170. The largest absolute Gasteiger partial charge is 0.469 e. The van der Waals surface area contributed by atoms with Crippen molar-refractivity contribution in [3.8, 4) is 11.3 Å². The van der Waals surface area contributed by atoms with Gasteiger partial charge < -0.3 is 19.4 Å². The van der Waals surface area contributed by atoms with Gasteiger partial charge in [0.05, 0.1) is 29.3 Å². The number of furan rings is 1. The molecular formula is C23H22N4O5S. The van der Waals surface area contributed by atoms with Crippen molar-refractivity contribution in [1.29, 1.82) is 0 Å². The number of hydrogen-bond donors (Lipinski definition) is 1. The molecule has 1 aliphatic heterocycles. The molecule has 3 aromatic rings. The maximum atomic E-state index is 11.6. The van der Waals surface area contributed by atoms with Crippen molar-refractivity contribution in [3.05, 3.63) is 82.4 Å². The summed E-state index contributed by atoms with van der Waals surface area (Å²) >= 11 is 5.60. The number of carbonyl (C=O) groups is 1. The summed E-state index contributed by atoms with van der Waals surface area (Å²) in [7, 11) is 1.36. The van der Waals surface area contributed by atoms with Crippen molar-refractivity contribution in [2.24, 2.45) is 0 Å². The number of nitro benzene ring substituents is 1. The third kappa shape index (κ3) is 4.70. The molecule has 33 heavy (non-hydrogen) atoms. The molecule has 0 unspecified atom stereocenters. The fraction of sp³-hybridized carbons (Fsp3) is 0.261. The molecule has 0 bridgehead atoms. The molecule has 9 nitrogen and oxygen atoms in total. The van der Waals surface area contributed by atoms with Crippen LogP contribution in [0.1, 0.15) is 36.4 Å². The van der Waals surface area contributed by atoms with E-state index in [1.807, 2.05) is 23.1 Å². The quantitative estimate of drug-likeness (QED) is 0.226. The first-order valence-electron chi connectivity index (χ1n) is 10.4. The lowest BCUT2D eigenvalue weighted by Crippen LogP contribution is -2.30. The first kappa shape index (κ1) is 22.4. The third-order valence-corrected chi connectivity index (χ3v) is 5.84. The van der Waals surface area contributed by atoms with Crippen LogP contribution in [0.15, 0.2) is 65.2 Å². The van der Waals surface area contributed by atoms with Crippen LogP contribution in [0.25, 0.3) is 11.3 Å². The van der Waals surface area contributed by atoms with Crippen molar-refractivity contribution in [2.45, 2.75) is 24.9 Å². The Kier molecular flexibility index (Phi) is 6.64. The molecule has 4 rings (SSSR count). The molecule has 2 aromatic heterocycles. The molecule has 0 aliphatic carbocycles. The van der Waals surface area contributed by atoms with Gasteiger partial charge in [0, 0.05) is 25.2 Å². The smallest absolute Gasteiger partial charge is 0.305 e. The molecule has 3 heterocycles. The van der Waals surface area contributed by atoms with Gasteiger partial charge >= 0.3 is 5.97 Å². The SMILES string of the molecule is COC(=O)CCCN1C(=S)N[C@H](c2ccccn2)[C@@H]1c1ccc(-c2ccccc2[N+](=O)[O-])o1.